The summed E-state index contributed by atoms with van der Waals surface area (Å²) in [5, 5.41) is 29.9. The Morgan fingerprint density at radius 3 is 2.34 bits per heavy atom. The van der Waals surface area contributed by atoms with Crippen LogP contribution in [0, 0.1) is 23.0 Å². The van der Waals surface area contributed by atoms with E-state index in [-0.39, 0.29) is 23.1 Å². The number of phenolic OH excluding ortho intramolecular Hbond substituents is 1. The van der Waals surface area contributed by atoms with Gasteiger partial charge in [0.15, 0.2) is 23.1 Å². The molecule has 0 aliphatic carbocycles. The molecule has 35 heavy (non-hydrogen) atoms. The van der Waals surface area contributed by atoms with Gasteiger partial charge in [-0.25, -0.2) is 13.6 Å². The third-order valence-electron chi connectivity index (χ3n) is 6.03. The summed E-state index contributed by atoms with van der Waals surface area (Å²) in [4.78, 5) is 11.4. The van der Waals surface area contributed by atoms with Crippen LogP contribution >= 0.6 is 0 Å². The maximum Gasteiger partial charge on any atom is 0.335 e. The maximum atomic E-state index is 14.6. The fraction of sp³-hybridized carbons (Fsp3) is 0.185. The molecular formula is C27H22F2N2O4. The summed E-state index contributed by atoms with van der Waals surface area (Å²) in [5.41, 5.74) is 1.68. The maximum absolute atomic E-state index is 14.6. The lowest BCUT2D eigenvalue weighted by molar-refractivity contribution is 0.0697. The molecule has 0 amide bonds. The van der Waals surface area contributed by atoms with Gasteiger partial charge in [0, 0.05) is 34.8 Å². The molecule has 0 unspecified atom stereocenters. The zero-order valence-electron chi connectivity index (χ0n) is 19.3. The SMILES string of the molecule is COc1cc(-n2c(C(C)(C)CC#N)c(-c3ccc(C(=O)O)cc3)c3c(O)c(F)ccc32)ccc1F. The molecule has 3 aromatic carbocycles. The number of aromatic nitrogens is 1. The van der Waals surface area contributed by atoms with Crippen molar-refractivity contribution in [2.45, 2.75) is 25.7 Å². The zero-order valence-corrected chi connectivity index (χ0v) is 19.3. The quantitative estimate of drug-likeness (QED) is 0.347. The Kier molecular flexibility index (Phi) is 5.95. The standard InChI is InChI=1S/C27H22F2N2O4/c1-27(2,12-13-30)25-22(15-4-6-16(7-5-15)26(33)34)23-20(11-10-19(29)24(23)32)31(25)17-8-9-18(28)21(14-17)35-3/h4-11,14,32H,12H2,1-3H3,(H,33,34). The number of rotatable bonds is 6. The summed E-state index contributed by atoms with van der Waals surface area (Å²) in [6, 6.07) is 15.0. The van der Waals surface area contributed by atoms with Crippen LogP contribution in [-0.4, -0.2) is 27.9 Å². The summed E-state index contributed by atoms with van der Waals surface area (Å²) in [6.07, 6.45) is 0.0745. The highest BCUT2D eigenvalue weighted by Crippen LogP contribution is 2.47. The Balaban J connectivity index is 2.20. The molecule has 8 heteroatoms. The molecule has 0 saturated heterocycles. The van der Waals surface area contributed by atoms with Crippen molar-refractivity contribution >= 4 is 16.9 Å². The van der Waals surface area contributed by atoms with Crippen LogP contribution in [0.15, 0.2) is 54.6 Å². The van der Waals surface area contributed by atoms with E-state index < -0.39 is 28.8 Å². The van der Waals surface area contributed by atoms with Gasteiger partial charge in [-0.2, -0.15) is 5.26 Å². The number of fused-ring (bicyclic) bond motifs is 1. The lowest BCUT2D eigenvalue weighted by atomic mass is 9.81. The molecule has 0 fully saturated rings. The molecule has 0 saturated carbocycles. The number of methoxy groups -OCH3 is 1. The number of phenols is 1. The topological polar surface area (TPSA) is 95.5 Å². The van der Waals surface area contributed by atoms with E-state index in [1.165, 1.54) is 43.5 Å². The molecule has 178 valence electrons. The number of aromatic hydroxyl groups is 1. The Bertz CT molecular complexity index is 1500. The minimum absolute atomic E-state index is 0.00733. The molecule has 0 aliphatic heterocycles. The lowest BCUT2D eigenvalue weighted by Crippen LogP contribution is -2.21. The Labute approximate surface area is 200 Å². The average Bonchev–Trinajstić information content (AvgIpc) is 3.18. The number of aromatic carboxylic acids is 1. The number of hydrogen-bond donors (Lipinski definition) is 2. The monoisotopic (exact) mass is 476 g/mol. The van der Waals surface area contributed by atoms with Gasteiger partial charge in [0.25, 0.3) is 0 Å². The minimum Gasteiger partial charge on any atom is -0.504 e. The first-order chi connectivity index (χ1) is 16.6. The number of ether oxygens (including phenoxy) is 1. The van der Waals surface area contributed by atoms with Crippen LogP contribution in [-0.2, 0) is 5.41 Å². The van der Waals surface area contributed by atoms with E-state index >= 15 is 0 Å². The lowest BCUT2D eigenvalue weighted by Gasteiger charge is -2.27. The molecule has 0 radical (unpaired) electrons. The van der Waals surface area contributed by atoms with Gasteiger partial charge in [-0.05, 0) is 42.0 Å². The van der Waals surface area contributed by atoms with Crippen LogP contribution < -0.4 is 4.74 Å². The molecule has 1 aromatic heterocycles. The summed E-state index contributed by atoms with van der Waals surface area (Å²) in [6.45, 7) is 3.68. The second-order valence-corrected chi connectivity index (χ2v) is 8.77. The third-order valence-corrected chi connectivity index (χ3v) is 6.03. The van der Waals surface area contributed by atoms with E-state index in [1.54, 1.807) is 16.7 Å². The fourth-order valence-electron chi connectivity index (χ4n) is 4.38. The van der Waals surface area contributed by atoms with E-state index in [0.717, 1.165) is 6.07 Å². The van der Waals surface area contributed by atoms with Gasteiger partial charge in [0.1, 0.15) is 0 Å². The fourth-order valence-corrected chi connectivity index (χ4v) is 4.38. The van der Waals surface area contributed by atoms with Crippen molar-refractivity contribution in [1.29, 1.82) is 5.26 Å². The van der Waals surface area contributed by atoms with Gasteiger partial charge in [0.05, 0.1) is 29.6 Å². The normalized spacial score (nSPS) is 11.4. The van der Waals surface area contributed by atoms with Crippen molar-refractivity contribution in [1.82, 2.24) is 4.57 Å². The molecule has 4 aromatic rings. The molecule has 0 bridgehead atoms. The van der Waals surface area contributed by atoms with E-state index in [9.17, 15) is 29.1 Å². The minimum atomic E-state index is -1.10. The largest absolute Gasteiger partial charge is 0.504 e. The predicted molar refractivity (Wildman–Crippen MR) is 127 cm³/mol. The van der Waals surface area contributed by atoms with E-state index in [1.807, 2.05) is 13.8 Å². The third kappa shape index (κ3) is 3.95. The summed E-state index contributed by atoms with van der Waals surface area (Å²) >= 11 is 0. The van der Waals surface area contributed by atoms with Crippen LogP contribution in [0.2, 0.25) is 0 Å². The van der Waals surface area contributed by atoms with Crippen molar-refractivity contribution < 1.29 is 28.5 Å². The number of carbonyl (C=O) groups is 1. The smallest absolute Gasteiger partial charge is 0.335 e. The molecule has 0 atom stereocenters. The predicted octanol–water partition coefficient (Wildman–Crippen LogP) is 6.18. The molecule has 4 rings (SSSR count). The highest BCUT2D eigenvalue weighted by atomic mass is 19.1. The molecule has 2 N–H and O–H groups in total. The van der Waals surface area contributed by atoms with Gasteiger partial charge >= 0.3 is 5.97 Å². The molecular weight excluding hydrogens is 454 g/mol. The van der Waals surface area contributed by atoms with Crippen molar-refractivity contribution in [3.63, 3.8) is 0 Å². The zero-order chi connectivity index (χ0) is 25.5. The average molecular weight is 476 g/mol. The van der Waals surface area contributed by atoms with Crippen LogP contribution in [0.3, 0.4) is 0 Å². The molecule has 0 aliphatic rings. The highest BCUT2D eigenvalue weighted by Gasteiger charge is 2.33. The van der Waals surface area contributed by atoms with Crippen molar-refractivity contribution in [3.05, 3.63) is 77.5 Å². The summed E-state index contributed by atoms with van der Waals surface area (Å²) < 4.78 is 35.7. The number of nitrogens with zero attached hydrogens (tertiary/aromatic N) is 2. The van der Waals surface area contributed by atoms with Crippen molar-refractivity contribution in [3.8, 4) is 34.4 Å². The first kappa shape index (κ1) is 23.8. The van der Waals surface area contributed by atoms with Gasteiger partial charge in [-0.3, -0.25) is 0 Å². The van der Waals surface area contributed by atoms with Gasteiger partial charge in [0.2, 0.25) is 0 Å². The van der Waals surface area contributed by atoms with Gasteiger partial charge in [-0.15, -0.1) is 0 Å². The number of hydrogen-bond acceptors (Lipinski definition) is 4. The first-order valence-corrected chi connectivity index (χ1v) is 10.7. The highest BCUT2D eigenvalue weighted by molar-refractivity contribution is 6.04. The molecule has 1 heterocycles. The van der Waals surface area contributed by atoms with Gasteiger partial charge < -0.3 is 19.5 Å². The van der Waals surface area contributed by atoms with Crippen LogP contribution in [0.1, 0.15) is 36.3 Å². The Morgan fingerprint density at radius 2 is 1.74 bits per heavy atom. The number of benzene rings is 3. The second kappa shape index (κ2) is 8.76. The molecule has 6 nitrogen and oxygen atoms in total. The molecule has 0 spiro atoms. The number of carboxylic acid groups (broad SMARTS) is 1. The van der Waals surface area contributed by atoms with Crippen LogP contribution in [0.5, 0.6) is 11.5 Å². The summed E-state index contributed by atoms with van der Waals surface area (Å²) in [7, 11) is 1.34. The Morgan fingerprint density at radius 1 is 1.09 bits per heavy atom. The second-order valence-electron chi connectivity index (χ2n) is 8.77. The number of halogens is 2. The van der Waals surface area contributed by atoms with Gasteiger partial charge in [-0.1, -0.05) is 26.0 Å². The first-order valence-electron chi connectivity index (χ1n) is 10.7. The van der Waals surface area contributed by atoms with E-state index in [0.29, 0.717) is 28.0 Å². The summed E-state index contributed by atoms with van der Waals surface area (Å²) in [5.74, 6) is -3.09. The number of nitriles is 1. The Hall–Kier alpha value is -4.38. The van der Waals surface area contributed by atoms with E-state index in [4.69, 9.17) is 4.74 Å². The van der Waals surface area contributed by atoms with Crippen LogP contribution in [0.4, 0.5) is 8.78 Å². The van der Waals surface area contributed by atoms with E-state index in [2.05, 4.69) is 6.07 Å². The van der Waals surface area contributed by atoms with Crippen molar-refractivity contribution in [2.24, 2.45) is 0 Å². The van der Waals surface area contributed by atoms with Crippen molar-refractivity contribution in [2.75, 3.05) is 7.11 Å². The van der Waals surface area contributed by atoms with Crippen LogP contribution in [0.25, 0.3) is 27.7 Å². The number of carboxylic acids is 1.